The summed E-state index contributed by atoms with van der Waals surface area (Å²) in [5.74, 6) is 0. The van der Waals surface area contributed by atoms with Crippen molar-refractivity contribution < 1.29 is 4.74 Å². The molecule has 0 aromatic heterocycles. The predicted molar refractivity (Wildman–Crippen MR) is 64.2 cm³/mol. The summed E-state index contributed by atoms with van der Waals surface area (Å²) in [5.41, 5.74) is 0.000668. The van der Waals surface area contributed by atoms with Gasteiger partial charge in [0.25, 0.3) is 0 Å². The average molecular weight is 214 g/mol. The quantitative estimate of drug-likeness (QED) is 0.704. The summed E-state index contributed by atoms with van der Waals surface area (Å²) in [6, 6.07) is 0.736. The van der Waals surface area contributed by atoms with Crippen molar-refractivity contribution in [3.05, 3.63) is 0 Å². The van der Waals surface area contributed by atoms with Crippen LogP contribution in [-0.2, 0) is 4.74 Å². The summed E-state index contributed by atoms with van der Waals surface area (Å²) in [7, 11) is 4.33. The Morgan fingerprint density at radius 1 is 1.33 bits per heavy atom. The molecule has 3 nitrogen and oxygen atoms in total. The SMILES string of the molecule is CN(C)C1CCN(CCOC(C)(C)C)C1. The zero-order valence-electron chi connectivity index (χ0n) is 10.9. The van der Waals surface area contributed by atoms with Crippen molar-refractivity contribution >= 4 is 0 Å². The molecule has 3 heteroatoms. The molecule has 1 aliphatic heterocycles. The van der Waals surface area contributed by atoms with Gasteiger partial charge in [-0.15, -0.1) is 0 Å². The van der Waals surface area contributed by atoms with Crippen molar-refractivity contribution in [2.75, 3.05) is 40.3 Å². The molecule has 0 bridgehead atoms. The minimum Gasteiger partial charge on any atom is -0.375 e. The Kier molecular flexibility index (Phi) is 4.56. The number of hydrogen-bond acceptors (Lipinski definition) is 3. The smallest absolute Gasteiger partial charge is 0.0600 e. The van der Waals surface area contributed by atoms with Gasteiger partial charge in [0.05, 0.1) is 12.2 Å². The third-order valence-electron chi connectivity index (χ3n) is 2.92. The Hall–Kier alpha value is -0.120. The van der Waals surface area contributed by atoms with Gasteiger partial charge >= 0.3 is 0 Å². The largest absolute Gasteiger partial charge is 0.375 e. The van der Waals surface area contributed by atoms with Gasteiger partial charge in [-0.2, -0.15) is 0 Å². The molecule has 1 unspecified atom stereocenters. The highest BCUT2D eigenvalue weighted by Gasteiger charge is 2.23. The van der Waals surface area contributed by atoms with Crippen molar-refractivity contribution in [3.63, 3.8) is 0 Å². The third-order valence-corrected chi connectivity index (χ3v) is 2.92. The zero-order chi connectivity index (χ0) is 11.5. The maximum Gasteiger partial charge on any atom is 0.0600 e. The second-order valence-electron chi connectivity index (χ2n) is 5.67. The molecule has 0 aromatic rings. The van der Waals surface area contributed by atoms with E-state index in [1.807, 2.05) is 0 Å². The molecule has 0 spiro atoms. The molecule has 0 aromatic carbocycles. The average Bonchev–Trinajstić information content (AvgIpc) is 2.50. The lowest BCUT2D eigenvalue weighted by Crippen LogP contribution is -2.34. The molecular weight excluding hydrogens is 188 g/mol. The number of likely N-dealkylation sites (N-methyl/N-ethyl adjacent to an activating group) is 1. The molecule has 0 amide bonds. The first-order valence-electron chi connectivity index (χ1n) is 5.91. The van der Waals surface area contributed by atoms with E-state index in [-0.39, 0.29) is 5.60 Å². The third kappa shape index (κ3) is 4.96. The normalized spacial score (nSPS) is 24.0. The lowest BCUT2D eigenvalue weighted by Gasteiger charge is -2.23. The van der Waals surface area contributed by atoms with Crippen LogP contribution in [0.2, 0.25) is 0 Å². The molecule has 1 atom stereocenters. The van der Waals surface area contributed by atoms with Crippen LogP contribution in [0.5, 0.6) is 0 Å². The van der Waals surface area contributed by atoms with E-state index in [2.05, 4.69) is 44.7 Å². The van der Waals surface area contributed by atoms with Gasteiger partial charge in [-0.05, 0) is 47.8 Å². The zero-order valence-corrected chi connectivity index (χ0v) is 10.9. The number of hydrogen-bond donors (Lipinski definition) is 0. The van der Waals surface area contributed by atoms with E-state index in [0.717, 1.165) is 19.2 Å². The van der Waals surface area contributed by atoms with Gasteiger partial charge in [0.1, 0.15) is 0 Å². The van der Waals surface area contributed by atoms with Crippen molar-refractivity contribution in [2.45, 2.75) is 38.8 Å². The lowest BCUT2D eigenvalue weighted by atomic mass is 10.2. The van der Waals surface area contributed by atoms with Crippen LogP contribution in [0.25, 0.3) is 0 Å². The molecule has 0 saturated carbocycles. The fraction of sp³-hybridized carbons (Fsp3) is 1.00. The molecule has 15 heavy (non-hydrogen) atoms. The topological polar surface area (TPSA) is 15.7 Å². The predicted octanol–water partition coefficient (Wildman–Crippen LogP) is 1.44. The molecule has 1 rings (SSSR count). The molecule has 1 heterocycles. The Bertz CT molecular complexity index is 187. The van der Waals surface area contributed by atoms with Gasteiger partial charge in [-0.3, -0.25) is 4.90 Å². The highest BCUT2D eigenvalue weighted by atomic mass is 16.5. The molecule has 1 aliphatic rings. The van der Waals surface area contributed by atoms with Crippen LogP contribution in [0.15, 0.2) is 0 Å². The monoisotopic (exact) mass is 214 g/mol. The van der Waals surface area contributed by atoms with E-state index < -0.39 is 0 Å². The van der Waals surface area contributed by atoms with Crippen molar-refractivity contribution in [3.8, 4) is 0 Å². The van der Waals surface area contributed by atoms with Gasteiger partial charge in [-0.25, -0.2) is 0 Å². The summed E-state index contributed by atoms with van der Waals surface area (Å²) < 4.78 is 5.73. The second kappa shape index (κ2) is 5.28. The van der Waals surface area contributed by atoms with Crippen molar-refractivity contribution in [1.82, 2.24) is 9.80 Å². The highest BCUT2D eigenvalue weighted by Crippen LogP contribution is 2.13. The van der Waals surface area contributed by atoms with E-state index in [4.69, 9.17) is 4.74 Å². The van der Waals surface area contributed by atoms with Gasteiger partial charge in [0.15, 0.2) is 0 Å². The first-order valence-corrected chi connectivity index (χ1v) is 5.91. The van der Waals surface area contributed by atoms with E-state index in [0.29, 0.717) is 0 Å². The van der Waals surface area contributed by atoms with Crippen molar-refractivity contribution in [1.29, 1.82) is 0 Å². The van der Waals surface area contributed by atoms with Crippen LogP contribution in [0, 0.1) is 0 Å². The van der Waals surface area contributed by atoms with Crippen LogP contribution < -0.4 is 0 Å². The lowest BCUT2D eigenvalue weighted by molar-refractivity contribution is -0.0113. The van der Waals surface area contributed by atoms with E-state index >= 15 is 0 Å². The molecule has 0 N–H and O–H groups in total. The number of likely N-dealkylation sites (tertiary alicyclic amines) is 1. The van der Waals surface area contributed by atoms with Crippen LogP contribution in [0.3, 0.4) is 0 Å². The van der Waals surface area contributed by atoms with E-state index in [9.17, 15) is 0 Å². The molecule has 1 fully saturated rings. The van der Waals surface area contributed by atoms with Gasteiger partial charge in [0.2, 0.25) is 0 Å². The molecule has 0 radical (unpaired) electrons. The van der Waals surface area contributed by atoms with Gasteiger partial charge < -0.3 is 9.64 Å². The second-order valence-corrected chi connectivity index (χ2v) is 5.67. The standard InChI is InChI=1S/C12H26N2O/c1-12(2,3)15-9-8-14-7-6-11(10-14)13(4)5/h11H,6-10H2,1-5H3. The summed E-state index contributed by atoms with van der Waals surface area (Å²) >= 11 is 0. The molecule has 90 valence electrons. The van der Waals surface area contributed by atoms with Gasteiger partial charge in [-0.1, -0.05) is 0 Å². The van der Waals surface area contributed by atoms with E-state index in [1.165, 1.54) is 19.5 Å². The van der Waals surface area contributed by atoms with Gasteiger partial charge in [0, 0.05) is 19.1 Å². The maximum atomic E-state index is 5.73. The summed E-state index contributed by atoms with van der Waals surface area (Å²) in [6.45, 7) is 10.7. The Morgan fingerprint density at radius 3 is 2.47 bits per heavy atom. The summed E-state index contributed by atoms with van der Waals surface area (Å²) in [5, 5.41) is 0. The van der Waals surface area contributed by atoms with Crippen LogP contribution in [0.1, 0.15) is 27.2 Å². The van der Waals surface area contributed by atoms with E-state index in [1.54, 1.807) is 0 Å². The minimum atomic E-state index is 0.000668. The molecule has 0 aliphatic carbocycles. The maximum absolute atomic E-state index is 5.73. The summed E-state index contributed by atoms with van der Waals surface area (Å²) in [6.07, 6.45) is 1.29. The summed E-state index contributed by atoms with van der Waals surface area (Å²) in [4.78, 5) is 4.82. The number of ether oxygens (including phenoxy) is 1. The first kappa shape index (κ1) is 12.9. The van der Waals surface area contributed by atoms with Crippen LogP contribution in [-0.4, -0.2) is 61.8 Å². The molecular formula is C12H26N2O. The fourth-order valence-corrected chi connectivity index (χ4v) is 1.92. The van der Waals surface area contributed by atoms with Crippen molar-refractivity contribution in [2.24, 2.45) is 0 Å². The Balaban J connectivity index is 2.14. The minimum absolute atomic E-state index is 0.000668. The fourth-order valence-electron chi connectivity index (χ4n) is 1.92. The molecule has 1 saturated heterocycles. The number of nitrogens with zero attached hydrogens (tertiary/aromatic N) is 2. The highest BCUT2D eigenvalue weighted by molar-refractivity contribution is 4.80. The Morgan fingerprint density at radius 2 is 2.00 bits per heavy atom. The van der Waals surface area contributed by atoms with Crippen LogP contribution in [0.4, 0.5) is 0 Å². The number of rotatable bonds is 4. The Labute approximate surface area is 94.4 Å². The first-order chi connectivity index (χ1) is 6.88. The van der Waals surface area contributed by atoms with Crippen LogP contribution >= 0.6 is 0 Å².